The van der Waals surface area contributed by atoms with E-state index in [-0.39, 0.29) is 0 Å². The normalized spacial score (nSPS) is 10.2. The van der Waals surface area contributed by atoms with Crippen LogP contribution < -0.4 is 0 Å². The van der Waals surface area contributed by atoms with Gasteiger partial charge in [0.05, 0.1) is 17.3 Å². The molecule has 3 rings (SSSR count). The minimum absolute atomic E-state index is 0.677. The van der Waals surface area contributed by atoms with E-state index in [1.165, 1.54) is 5.56 Å². The van der Waals surface area contributed by atoms with Gasteiger partial charge in [-0.2, -0.15) is 5.26 Å². The molecule has 22 heavy (non-hydrogen) atoms. The Balaban J connectivity index is 2.03. The summed E-state index contributed by atoms with van der Waals surface area (Å²) in [6, 6.07) is 22.3. The first-order valence-corrected chi connectivity index (χ1v) is 7.22. The molecular formula is C20H16N2. The van der Waals surface area contributed by atoms with Gasteiger partial charge in [0.2, 0.25) is 0 Å². The topological polar surface area (TPSA) is 36.7 Å². The molecule has 0 aliphatic carbocycles. The average molecular weight is 284 g/mol. The van der Waals surface area contributed by atoms with Crippen LogP contribution in [0, 0.1) is 25.2 Å². The first-order valence-electron chi connectivity index (χ1n) is 7.22. The van der Waals surface area contributed by atoms with Crippen molar-refractivity contribution < 1.29 is 0 Å². The average Bonchev–Trinajstić information content (AvgIpc) is 2.54. The molecule has 0 aliphatic heterocycles. The van der Waals surface area contributed by atoms with Crippen LogP contribution in [0.2, 0.25) is 0 Å². The molecule has 0 amide bonds. The molecule has 0 unspecified atom stereocenters. The molecule has 0 bridgehead atoms. The number of nitriles is 1. The Bertz CT molecular complexity index is 835. The van der Waals surface area contributed by atoms with E-state index >= 15 is 0 Å². The summed E-state index contributed by atoms with van der Waals surface area (Å²) in [5.41, 5.74) is 7.25. The van der Waals surface area contributed by atoms with Crippen LogP contribution in [0.25, 0.3) is 22.4 Å². The van der Waals surface area contributed by atoms with E-state index in [1.807, 2.05) is 37.3 Å². The predicted molar refractivity (Wildman–Crippen MR) is 89.3 cm³/mol. The first kappa shape index (κ1) is 14.0. The number of rotatable bonds is 2. The van der Waals surface area contributed by atoms with E-state index < -0.39 is 0 Å². The lowest BCUT2D eigenvalue weighted by Gasteiger charge is -2.07. The van der Waals surface area contributed by atoms with Crippen molar-refractivity contribution in [2.24, 2.45) is 0 Å². The Labute approximate surface area is 130 Å². The Morgan fingerprint density at radius 1 is 0.818 bits per heavy atom. The summed E-state index contributed by atoms with van der Waals surface area (Å²) in [5, 5.41) is 8.89. The van der Waals surface area contributed by atoms with Gasteiger partial charge in [-0.25, -0.2) is 0 Å². The zero-order valence-corrected chi connectivity index (χ0v) is 12.7. The van der Waals surface area contributed by atoms with Crippen LogP contribution in [0.15, 0.2) is 60.7 Å². The van der Waals surface area contributed by atoms with Crippen LogP contribution in [0.3, 0.4) is 0 Å². The summed E-state index contributed by atoms with van der Waals surface area (Å²) in [6.07, 6.45) is 0. The van der Waals surface area contributed by atoms with E-state index in [1.54, 1.807) is 0 Å². The number of hydrogen-bond acceptors (Lipinski definition) is 2. The fourth-order valence-electron chi connectivity index (χ4n) is 2.58. The summed E-state index contributed by atoms with van der Waals surface area (Å²) in [4.78, 5) is 4.62. The summed E-state index contributed by atoms with van der Waals surface area (Å²) in [5.74, 6) is 0. The number of pyridine rings is 1. The summed E-state index contributed by atoms with van der Waals surface area (Å²) in [7, 11) is 0. The van der Waals surface area contributed by atoms with Crippen molar-refractivity contribution in [2.75, 3.05) is 0 Å². The molecule has 106 valence electrons. The molecule has 0 saturated carbocycles. The smallest absolute Gasteiger partial charge is 0.0991 e. The van der Waals surface area contributed by atoms with Crippen LogP contribution in [0.4, 0.5) is 0 Å². The lowest BCUT2D eigenvalue weighted by atomic mass is 10.00. The number of benzene rings is 2. The minimum Gasteiger partial charge on any atom is -0.253 e. The van der Waals surface area contributed by atoms with Crippen molar-refractivity contribution in [3.05, 3.63) is 77.5 Å². The van der Waals surface area contributed by atoms with E-state index in [2.05, 4.69) is 48.3 Å². The van der Waals surface area contributed by atoms with Crippen molar-refractivity contribution in [3.63, 3.8) is 0 Å². The van der Waals surface area contributed by atoms with E-state index in [0.717, 1.165) is 28.1 Å². The SMILES string of the molecule is Cc1cc(C)nc(-c2cccc(-c3ccc(C#N)cc3)c2)c1. The second-order valence-electron chi connectivity index (χ2n) is 5.44. The lowest BCUT2D eigenvalue weighted by molar-refractivity contribution is 1.18. The summed E-state index contributed by atoms with van der Waals surface area (Å²) in [6.45, 7) is 4.10. The van der Waals surface area contributed by atoms with Gasteiger partial charge in [0, 0.05) is 11.3 Å². The van der Waals surface area contributed by atoms with Crippen LogP contribution >= 0.6 is 0 Å². The first-order chi connectivity index (χ1) is 10.7. The standard InChI is InChI=1S/C20H16N2/c1-14-10-15(2)22-20(11-14)19-5-3-4-18(12-19)17-8-6-16(13-21)7-9-17/h3-12H,1-2H3. The van der Waals surface area contributed by atoms with Crippen LogP contribution in [-0.2, 0) is 0 Å². The molecule has 1 heterocycles. The maximum Gasteiger partial charge on any atom is 0.0991 e. The molecule has 1 aromatic heterocycles. The quantitative estimate of drug-likeness (QED) is 0.670. The van der Waals surface area contributed by atoms with Crippen molar-refractivity contribution in [1.29, 1.82) is 5.26 Å². The fraction of sp³-hybridized carbons (Fsp3) is 0.100. The molecule has 0 saturated heterocycles. The van der Waals surface area contributed by atoms with Gasteiger partial charge in [-0.1, -0.05) is 30.3 Å². The Kier molecular flexibility index (Phi) is 3.72. The second-order valence-corrected chi connectivity index (χ2v) is 5.44. The van der Waals surface area contributed by atoms with Crippen LogP contribution in [-0.4, -0.2) is 4.98 Å². The maximum absolute atomic E-state index is 8.89. The number of nitrogens with zero attached hydrogens (tertiary/aromatic N) is 2. The Morgan fingerprint density at radius 2 is 1.55 bits per heavy atom. The third-order valence-corrected chi connectivity index (χ3v) is 3.60. The van der Waals surface area contributed by atoms with Gasteiger partial charge in [-0.05, 0) is 60.9 Å². The molecule has 2 aromatic carbocycles. The molecule has 2 heteroatoms. The van der Waals surface area contributed by atoms with Gasteiger partial charge in [0.15, 0.2) is 0 Å². The molecule has 0 aliphatic rings. The second kappa shape index (κ2) is 5.83. The highest BCUT2D eigenvalue weighted by molar-refractivity contribution is 5.72. The molecule has 3 aromatic rings. The molecular weight excluding hydrogens is 268 g/mol. The third-order valence-electron chi connectivity index (χ3n) is 3.60. The highest BCUT2D eigenvalue weighted by atomic mass is 14.7. The van der Waals surface area contributed by atoms with Gasteiger partial charge in [-0.15, -0.1) is 0 Å². The van der Waals surface area contributed by atoms with Crippen molar-refractivity contribution >= 4 is 0 Å². The third kappa shape index (κ3) is 2.89. The molecule has 2 nitrogen and oxygen atoms in total. The number of aryl methyl sites for hydroxylation is 2. The largest absolute Gasteiger partial charge is 0.253 e. The van der Waals surface area contributed by atoms with Crippen molar-refractivity contribution in [2.45, 2.75) is 13.8 Å². The molecule has 0 fully saturated rings. The Hall–Kier alpha value is -2.92. The van der Waals surface area contributed by atoms with Gasteiger partial charge in [0.25, 0.3) is 0 Å². The van der Waals surface area contributed by atoms with Gasteiger partial charge >= 0.3 is 0 Å². The number of hydrogen-bond donors (Lipinski definition) is 0. The van der Waals surface area contributed by atoms with E-state index in [9.17, 15) is 0 Å². The maximum atomic E-state index is 8.89. The molecule has 0 atom stereocenters. The fourth-order valence-corrected chi connectivity index (χ4v) is 2.58. The van der Waals surface area contributed by atoms with Gasteiger partial charge in [0.1, 0.15) is 0 Å². The summed E-state index contributed by atoms with van der Waals surface area (Å²) < 4.78 is 0. The monoisotopic (exact) mass is 284 g/mol. The zero-order valence-electron chi connectivity index (χ0n) is 12.7. The Morgan fingerprint density at radius 3 is 2.23 bits per heavy atom. The molecule has 0 radical (unpaired) electrons. The highest BCUT2D eigenvalue weighted by Gasteiger charge is 2.04. The molecule has 0 N–H and O–H groups in total. The lowest BCUT2D eigenvalue weighted by Crippen LogP contribution is -1.89. The highest BCUT2D eigenvalue weighted by Crippen LogP contribution is 2.26. The van der Waals surface area contributed by atoms with Gasteiger partial charge in [-0.3, -0.25) is 4.98 Å². The molecule has 0 spiro atoms. The predicted octanol–water partition coefficient (Wildman–Crippen LogP) is 4.90. The minimum atomic E-state index is 0.677. The van der Waals surface area contributed by atoms with Crippen molar-refractivity contribution in [3.8, 4) is 28.5 Å². The zero-order chi connectivity index (χ0) is 15.5. The number of aromatic nitrogens is 1. The summed E-state index contributed by atoms with van der Waals surface area (Å²) >= 11 is 0. The van der Waals surface area contributed by atoms with E-state index in [0.29, 0.717) is 5.56 Å². The van der Waals surface area contributed by atoms with Crippen LogP contribution in [0.1, 0.15) is 16.8 Å². The van der Waals surface area contributed by atoms with E-state index in [4.69, 9.17) is 5.26 Å². The van der Waals surface area contributed by atoms with Crippen molar-refractivity contribution in [1.82, 2.24) is 4.98 Å². The van der Waals surface area contributed by atoms with Gasteiger partial charge < -0.3 is 0 Å². The van der Waals surface area contributed by atoms with Crippen LogP contribution in [0.5, 0.6) is 0 Å².